The molecule has 0 saturated heterocycles. The largest absolute Gasteiger partial charge is 0.344 e. The lowest BCUT2D eigenvalue weighted by Gasteiger charge is -2.20. The normalized spacial score (nSPS) is 11.9. The number of nitrogens with zero attached hydrogens (tertiary/aromatic N) is 2. The summed E-state index contributed by atoms with van der Waals surface area (Å²) in [7, 11) is 0. The van der Waals surface area contributed by atoms with Gasteiger partial charge >= 0.3 is 0 Å². The number of rotatable bonds is 5. The monoisotopic (exact) mass is 397 g/mol. The Morgan fingerprint density at radius 3 is 2.37 bits per heavy atom. The summed E-state index contributed by atoms with van der Waals surface area (Å²) in [5.74, 6) is -0.250. The van der Waals surface area contributed by atoms with Crippen molar-refractivity contribution in [3.8, 4) is 0 Å². The molecular weight excluding hydrogens is 374 g/mol. The van der Waals surface area contributed by atoms with Crippen LogP contribution in [0.25, 0.3) is 10.9 Å². The molecule has 0 aliphatic heterocycles. The van der Waals surface area contributed by atoms with Gasteiger partial charge in [-0.15, -0.1) is 0 Å². The predicted octanol–water partition coefficient (Wildman–Crippen LogP) is 3.92. The molecule has 5 nitrogen and oxygen atoms in total. The van der Waals surface area contributed by atoms with Gasteiger partial charge in [-0.3, -0.25) is 14.2 Å². The van der Waals surface area contributed by atoms with Gasteiger partial charge in [0.2, 0.25) is 5.91 Å². The SMILES string of the molecule is Cc1ccc(C(NC(=O)Cn2cnc3c(C)cccc3c2=O)c2ccccc2)cc1. The van der Waals surface area contributed by atoms with E-state index in [1.165, 1.54) is 10.9 Å². The highest BCUT2D eigenvalue weighted by atomic mass is 16.2. The summed E-state index contributed by atoms with van der Waals surface area (Å²) in [6, 6.07) is 23.1. The molecule has 0 spiro atoms. The molecule has 30 heavy (non-hydrogen) atoms. The molecule has 4 rings (SSSR count). The average molecular weight is 397 g/mol. The molecule has 4 aromatic rings. The summed E-state index contributed by atoms with van der Waals surface area (Å²) < 4.78 is 1.36. The summed E-state index contributed by atoms with van der Waals surface area (Å²) in [5, 5.41) is 3.59. The first-order valence-corrected chi connectivity index (χ1v) is 9.88. The van der Waals surface area contributed by atoms with Crippen LogP contribution >= 0.6 is 0 Å². The van der Waals surface area contributed by atoms with Crippen molar-refractivity contribution in [2.24, 2.45) is 0 Å². The zero-order valence-corrected chi connectivity index (χ0v) is 17.0. The number of nitrogens with one attached hydrogen (secondary N) is 1. The topological polar surface area (TPSA) is 64.0 Å². The summed E-state index contributed by atoms with van der Waals surface area (Å²) in [4.78, 5) is 30.1. The Balaban J connectivity index is 1.62. The molecule has 0 aliphatic rings. The van der Waals surface area contributed by atoms with Crippen LogP contribution in [0.2, 0.25) is 0 Å². The van der Waals surface area contributed by atoms with Crippen LogP contribution in [-0.2, 0) is 11.3 Å². The van der Waals surface area contributed by atoms with E-state index in [4.69, 9.17) is 0 Å². The summed E-state index contributed by atoms with van der Waals surface area (Å²) >= 11 is 0. The van der Waals surface area contributed by atoms with Gasteiger partial charge in [0.25, 0.3) is 5.56 Å². The predicted molar refractivity (Wildman–Crippen MR) is 118 cm³/mol. The number of hydrogen-bond acceptors (Lipinski definition) is 3. The van der Waals surface area contributed by atoms with Crippen molar-refractivity contribution >= 4 is 16.8 Å². The third kappa shape index (κ3) is 4.01. The van der Waals surface area contributed by atoms with Crippen molar-refractivity contribution in [1.29, 1.82) is 0 Å². The first-order valence-electron chi connectivity index (χ1n) is 9.88. The second-order valence-corrected chi connectivity index (χ2v) is 7.47. The zero-order chi connectivity index (χ0) is 21.1. The molecule has 5 heteroatoms. The summed E-state index contributed by atoms with van der Waals surface area (Å²) in [6.07, 6.45) is 1.45. The standard InChI is InChI=1S/C25H23N3O2/c1-17-11-13-20(14-12-17)24(19-8-4-3-5-9-19)27-22(29)15-28-16-26-23-18(2)7-6-10-21(23)25(28)30/h3-14,16,24H,15H2,1-2H3,(H,27,29). The third-order valence-electron chi connectivity index (χ3n) is 5.22. The second kappa shape index (κ2) is 8.33. The second-order valence-electron chi connectivity index (χ2n) is 7.47. The first-order chi connectivity index (χ1) is 14.5. The maximum absolute atomic E-state index is 12.9. The molecule has 3 aromatic carbocycles. The number of amides is 1. The highest BCUT2D eigenvalue weighted by molar-refractivity contribution is 5.81. The number of carbonyl (C=O) groups excluding carboxylic acids is 1. The van der Waals surface area contributed by atoms with E-state index >= 15 is 0 Å². The molecule has 0 radical (unpaired) electrons. The first kappa shape index (κ1) is 19.6. The van der Waals surface area contributed by atoms with Gasteiger partial charge in [-0.1, -0.05) is 72.3 Å². The number of aryl methyl sites for hydroxylation is 2. The smallest absolute Gasteiger partial charge is 0.261 e. The Morgan fingerprint density at radius 1 is 0.933 bits per heavy atom. The van der Waals surface area contributed by atoms with E-state index in [9.17, 15) is 9.59 Å². The van der Waals surface area contributed by atoms with Crippen LogP contribution in [0.3, 0.4) is 0 Å². The van der Waals surface area contributed by atoms with Crippen molar-refractivity contribution in [2.75, 3.05) is 0 Å². The van der Waals surface area contributed by atoms with E-state index in [1.807, 2.05) is 80.6 Å². The zero-order valence-electron chi connectivity index (χ0n) is 17.0. The number of para-hydroxylation sites is 1. The van der Waals surface area contributed by atoms with Crippen LogP contribution in [0.15, 0.2) is 83.9 Å². The molecule has 1 atom stereocenters. The Hall–Kier alpha value is -3.73. The van der Waals surface area contributed by atoms with E-state index < -0.39 is 0 Å². The fourth-order valence-corrected chi connectivity index (χ4v) is 3.57. The van der Waals surface area contributed by atoms with Crippen LogP contribution in [0.5, 0.6) is 0 Å². The third-order valence-corrected chi connectivity index (χ3v) is 5.22. The highest BCUT2D eigenvalue weighted by Crippen LogP contribution is 2.22. The Bertz CT molecular complexity index is 1250. The van der Waals surface area contributed by atoms with Gasteiger partial charge in [0.15, 0.2) is 0 Å². The average Bonchev–Trinajstić information content (AvgIpc) is 2.76. The van der Waals surface area contributed by atoms with Gasteiger partial charge < -0.3 is 5.32 Å². The van der Waals surface area contributed by atoms with E-state index in [-0.39, 0.29) is 24.1 Å². The molecular formula is C25H23N3O2. The lowest BCUT2D eigenvalue weighted by molar-refractivity contribution is -0.122. The lowest BCUT2D eigenvalue weighted by Crippen LogP contribution is -2.35. The van der Waals surface area contributed by atoms with Crippen molar-refractivity contribution in [1.82, 2.24) is 14.9 Å². The van der Waals surface area contributed by atoms with Gasteiger partial charge in [0, 0.05) is 0 Å². The van der Waals surface area contributed by atoms with Crippen LogP contribution in [0.1, 0.15) is 28.3 Å². The number of carbonyl (C=O) groups is 1. The number of aromatic nitrogens is 2. The molecule has 0 aliphatic carbocycles. The summed E-state index contributed by atoms with van der Waals surface area (Å²) in [6.45, 7) is 3.85. The molecule has 1 N–H and O–H groups in total. The van der Waals surface area contributed by atoms with Crippen molar-refractivity contribution < 1.29 is 4.79 Å². The number of fused-ring (bicyclic) bond motifs is 1. The minimum absolute atomic E-state index is 0.0924. The van der Waals surface area contributed by atoms with Crippen LogP contribution < -0.4 is 10.9 Å². The highest BCUT2D eigenvalue weighted by Gasteiger charge is 2.18. The van der Waals surface area contributed by atoms with Gasteiger partial charge in [-0.05, 0) is 36.6 Å². The molecule has 1 unspecified atom stereocenters. The van der Waals surface area contributed by atoms with E-state index in [2.05, 4.69) is 10.3 Å². The van der Waals surface area contributed by atoms with Gasteiger partial charge in [-0.2, -0.15) is 0 Å². The molecule has 150 valence electrons. The minimum atomic E-state index is -0.300. The number of benzene rings is 3. The van der Waals surface area contributed by atoms with Crippen LogP contribution in [-0.4, -0.2) is 15.5 Å². The molecule has 1 amide bonds. The fraction of sp³-hybridized carbons (Fsp3) is 0.160. The van der Waals surface area contributed by atoms with Crippen LogP contribution in [0, 0.1) is 13.8 Å². The molecule has 0 bridgehead atoms. The van der Waals surface area contributed by atoms with E-state index in [0.29, 0.717) is 10.9 Å². The number of hydrogen-bond donors (Lipinski definition) is 1. The maximum atomic E-state index is 12.9. The molecule has 1 heterocycles. The molecule has 0 fully saturated rings. The van der Waals surface area contributed by atoms with Crippen LogP contribution in [0.4, 0.5) is 0 Å². The van der Waals surface area contributed by atoms with E-state index in [0.717, 1.165) is 22.3 Å². The van der Waals surface area contributed by atoms with Gasteiger partial charge in [-0.25, -0.2) is 4.98 Å². The molecule has 0 saturated carbocycles. The van der Waals surface area contributed by atoms with Gasteiger partial charge in [0.05, 0.1) is 23.3 Å². The van der Waals surface area contributed by atoms with Crippen molar-refractivity contribution in [3.63, 3.8) is 0 Å². The maximum Gasteiger partial charge on any atom is 0.261 e. The van der Waals surface area contributed by atoms with Crippen molar-refractivity contribution in [3.05, 3.63) is 112 Å². The lowest BCUT2D eigenvalue weighted by atomic mass is 9.98. The summed E-state index contributed by atoms with van der Waals surface area (Å²) in [5.41, 5.74) is 4.51. The Morgan fingerprint density at radius 2 is 1.63 bits per heavy atom. The quantitative estimate of drug-likeness (QED) is 0.555. The molecule has 1 aromatic heterocycles. The minimum Gasteiger partial charge on any atom is -0.344 e. The fourth-order valence-electron chi connectivity index (χ4n) is 3.57. The van der Waals surface area contributed by atoms with Gasteiger partial charge in [0.1, 0.15) is 6.54 Å². The van der Waals surface area contributed by atoms with E-state index in [1.54, 1.807) is 6.07 Å². The Kier molecular flexibility index (Phi) is 5.44. The van der Waals surface area contributed by atoms with Crippen molar-refractivity contribution in [2.45, 2.75) is 26.4 Å². The Labute approximate surface area is 175 Å².